The molecule has 0 saturated heterocycles. The Morgan fingerprint density at radius 1 is 1.00 bits per heavy atom. The molecule has 0 spiro atoms. The first-order valence-electron chi connectivity index (χ1n) is 6.62. The summed E-state index contributed by atoms with van der Waals surface area (Å²) in [6.07, 6.45) is 18.5. The fourth-order valence-corrected chi connectivity index (χ4v) is 5.21. The Kier molecular flexibility index (Phi) is 2.72. The van der Waals surface area contributed by atoms with Crippen molar-refractivity contribution < 1.29 is 21.7 Å². The van der Waals surface area contributed by atoms with Gasteiger partial charge in [0.05, 0.1) is 0 Å². The fourth-order valence-electron chi connectivity index (χ4n) is 5.21. The van der Waals surface area contributed by atoms with E-state index in [0.29, 0.717) is 5.41 Å². The first-order chi connectivity index (χ1) is 7.34. The molecule has 0 atom stereocenters. The maximum Gasteiger partial charge on any atom is 0 e. The maximum absolute atomic E-state index is 3.62. The molecule has 0 heterocycles. The number of rotatable bonds is 1. The van der Waals surface area contributed by atoms with Crippen LogP contribution in [0.2, 0.25) is 0 Å². The van der Waals surface area contributed by atoms with Gasteiger partial charge in [0.25, 0.3) is 0 Å². The van der Waals surface area contributed by atoms with Crippen LogP contribution in [0.15, 0.2) is 17.7 Å². The third-order valence-electron chi connectivity index (χ3n) is 5.30. The molecule has 5 aliphatic rings. The van der Waals surface area contributed by atoms with Crippen molar-refractivity contribution in [3.8, 4) is 0 Å². The Morgan fingerprint density at radius 2 is 1.56 bits per heavy atom. The molecule has 0 aliphatic heterocycles. The summed E-state index contributed by atoms with van der Waals surface area (Å²) >= 11 is 0. The van der Waals surface area contributed by atoms with Crippen molar-refractivity contribution >= 4 is 0 Å². The Bertz CT molecular complexity index is 315. The fraction of sp³-hybridized carbons (Fsp3) is 0.733. The summed E-state index contributed by atoms with van der Waals surface area (Å²) in [6.45, 7) is 0. The summed E-state index contributed by atoms with van der Waals surface area (Å²) in [4.78, 5) is 0. The van der Waals surface area contributed by atoms with Crippen molar-refractivity contribution in [3.63, 3.8) is 0 Å². The van der Waals surface area contributed by atoms with Gasteiger partial charge < -0.3 is 0 Å². The van der Waals surface area contributed by atoms with E-state index >= 15 is 0 Å². The predicted molar refractivity (Wildman–Crippen MR) is 61.1 cm³/mol. The summed E-state index contributed by atoms with van der Waals surface area (Å²) in [7, 11) is 0. The van der Waals surface area contributed by atoms with E-state index in [4.69, 9.17) is 0 Å². The maximum atomic E-state index is 3.62. The molecule has 0 aromatic heterocycles. The SMILES string of the molecule is [C-]1=C(C23CC4CC(CC(C4)C2)C3)C=CC1.[Ti]. The minimum Gasteiger partial charge on any atom is -0.269 e. The van der Waals surface area contributed by atoms with Gasteiger partial charge in [0, 0.05) is 21.7 Å². The zero-order chi connectivity index (χ0) is 9.88. The quantitative estimate of drug-likeness (QED) is 0.487. The van der Waals surface area contributed by atoms with Crippen molar-refractivity contribution in [2.45, 2.75) is 44.9 Å². The average Bonchev–Trinajstić information content (AvgIpc) is 2.67. The number of allylic oxidation sites excluding steroid dienone is 4. The van der Waals surface area contributed by atoms with Gasteiger partial charge in [-0.25, -0.2) is 11.6 Å². The van der Waals surface area contributed by atoms with Gasteiger partial charge in [-0.05, 0) is 61.7 Å². The first kappa shape index (κ1) is 11.3. The molecule has 16 heavy (non-hydrogen) atoms. The van der Waals surface area contributed by atoms with Crippen LogP contribution in [-0.2, 0) is 21.7 Å². The van der Waals surface area contributed by atoms with Crippen molar-refractivity contribution in [2.75, 3.05) is 0 Å². The first-order valence-corrected chi connectivity index (χ1v) is 6.62. The number of hydrogen-bond donors (Lipinski definition) is 0. The molecular formula is C15H19Ti-. The Balaban J connectivity index is 0.000000810. The molecule has 0 N–H and O–H groups in total. The summed E-state index contributed by atoms with van der Waals surface area (Å²) < 4.78 is 0. The van der Waals surface area contributed by atoms with E-state index in [1.807, 2.05) is 0 Å². The van der Waals surface area contributed by atoms with Gasteiger partial charge >= 0.3 is 0 Å². The van der Waals surface area contributed by atoms with Gasteiger partial charge in [-0.1, -0.05) is 0 Å². The van der Waals surface area contributed by atoms with Crippen LogP contribution in [0.4, 0.5) is 0 Å². The van der Waals surface area contributed by atoms with Crippen LogP contribution < -0.4 is 0 Å². The van der Waals surface area contributed by atoms with Gasteiger partial charge in [0.2, 0.25) is 0 Å². The standard InChI is InChI=1S/C15H19.Ti/c1-2-4-14(3-1)15-8-11-5-12(9-15)7-13(6-11)10-15;/h1,3,11-13H,2,5-10H2;/q-1;. The number of hydrogen-bond acceptors (Lipinski definition) is 0. The Hall–Kier alpha value is 0.194. The summed E-state index contributed by atoms with van der Waals surface area (Å²) in [5.41, 5.74) is 2.20. The van der Waals surface area contributed by atoms with Crippen molar-refractivity contribution in [1.29, 1.82) is 0 Å². The van der Waals surface area contributed by atoms with E-state index in [0.717, 1.165) is 24.2 Å². The second kappa shape index (κ2) is 3.85. The summed E-state index contributed by atoms with van der Waals surface area (Å²) in [6, 6.07) is 0. The van der Waals surface area contributed by atoms with E-state index in [1.54, 1.807) is 24.8 Å². The van der Waals surface area contributed by atoms with Gasteiger partial charge in [0.15, 0.2) is 0 Å². The van der Waals surface area contributed by atoms with Crippen LogP contribution in [0.3, 0.4) is 0 Å². The molecule has 0 aromatic carbocycles. The zero-order valence-electron chi connectivity index (χ0n) is 9.84. The van der Waals surface area contributed by atoms with E-state index in [1.165, 1.54) is 19.3 Å². The van der Waals surface area contributed by atoms with Crippen molar-refractivity contribution in [3.05, 3.63) is 23.8 Å². The van der Waals surface area contributed by atoms with Crippen LogP contribution in [0.5, 0.6) is 0 Å². The minimum atomic E-state index is 0. The molecular weight excluding hydrogens is 228 g/mol. The molecule has 0 nitrogen and oxygen atoms in total. The Morgan fingerprint density at radius 3 is 2.00 bits per heavy atom. The topological polar surface area (TPSA) is 0 Å². The van der Waals surface area contributed by atoms with Gasteiger partial charge in [0.1, 0.15) is 0 Å². The zero-order valence-corrected chi connectivity index (χ0v) is 11.4. The van der Waals surface area contributed by atoms with E-state index in [-0.39, 0.29) is 21.7 Å². The van der Waals surface area contributed by atoms with Crippen molar-refractivity contribution in [2.24, 2.45) is 23.2 Å². The van der Waals surface area contributed by atoms with Gasteiger partial charge in [-0.2, -0.15) is 6.08 Å². The minimum absolute atomic E-state index is 0. The molecule has 84 valence electrons. The second-order valence-electron chi connectivity index (χ2n) is 6.39. The molecule has 4 fully saturated rings. The van der Waals surface area contributed by atoms with Crippen LogP contribution in [0.25, 0.3) is 0 Å². The second-order valence-corrected chi connectivity index (χ2v) is 6.39. The normalized spacial score (nSPS) is 48.0. The monoisotopic (exact) mass is 247 g/mol. The average molecular weight is 247 g/mol. The van der Waals surface area contributed by atoms with Crippen LogP contribution in [-0.4, -0.2) is 0 Å². The molecule has 0 amide bonds. The third-order valence-corrected chi connectivity index (χ3v) is 5.30. The molecule has 4 bridgehead atoms. The van der Waals surface area contributed by atoms with E-state index < -0.39 is 0 Å². The van der Waals surface area contributed by atoms with Crippen LogP contribution in [0.1, 0.15) is 44.9 Å². The van der Waals surface area contributed by atoms with Crippen LogP contribution in [0, 0.1) is 29.2 Å². The molecule has 5 rings (SSSR count). The molecule has 4 saturated carbocycles. The smallest absolute Gasteiger partial charge is 0 e. The summed E-state index contributed by atoms with van der Waals surface area (Å²) in [5, 5.41) is 0. The molecule has 5 aliphatic carbocycles. The van der Waals surface area contributed by atoms with Gasteiger partial charge in [-0.15, -0.1) is 6.42 Å². The van der Waals surface area contributed by atoms with E-state index in [2.05, 4.69) is 18.2 Å². The van der Waals surface area contributed by atoms with Crippen LogP contribution >= 0.6 is 0 Å². The Labute approximate surface area is 113 Å². The molecule has 0 aromatic rings. The van der Waals surface area contributed by atoms with Crippen molar-refractivity contribution in [1.82, 2.24) is 0 Å². The third kappa shape index (κ3) is 1.53. The molecule has 1 heteroatoms. The summed E-state index contributed by atoms with van der Waals surface area (Å²) in [5.74, 6) is 3.21. The van der Waals surface area contributed by atoms with Gasteiger partial charge in [-0.3, -0.25) is 6.08 Å². The van der Waals surface area contributed by atoms with E-state index in [9.17, 15) is 0 Å². The largest absolute Gasteiger partial charge is 0.269 e. The molecule has 0 radical (unpaired) electrons. The molecule has 0 unspecified atom stereocenters. The predicted octanol–water partition coefficient (Wildman–Crippen LogP) is 3.89.